The number of esters is 1. The Balaban J connectivity index is 1.06. The summed E-state index contributed by atoms with van der Waals surface area (Å²) in [6.45, 7) is 2.75. The fourth-order valence-electron chi connectivity index (χ4n) is 3.96. The zero-order chi connectivity index (χ0) is 21.0. The number of benzene rings is 2. The van der Waals surface area contributed by atoms with Gasteiger partial charge >= 0.3 is 5.97 Å². The van der Waals surface area contributed by atoms with E-state index in [1.165, 1.54) is 5.56 Å². The maximum Gasteiger partial charge on any atom is 0.338 e. The lowest BCUT2D eigenvalue weighted by molar-refractivity contribution is 0.0195. The predicted molar refractivity (Wildman–Crippen MR) is 114 cm³/mol. The Kier molecular flexibility index (Phi) is 6.09. The second-order valence-electron chi connectivity index (χ2n) is 8.51. The third-order valence-corrected chi connectivity index (χ3v) is 6.07. The van der Waals surface area contributed by atoms with Crippen LogP contribution in [0.4, 0.5) is 0 Å². The Hall–Kier alpha value is -2.57. The van der Waals surface area contributed by atoms with Crippen LogP contribution in [0.2, 0.25) is 0 Å². The lowest BCUT2D eigenvalue weighted by Crippen LogP contribution is -2.24. The topological polar surface area (TPSA) is 69.8 Å². The molecule has 0 aromatic heterocycles. The zero-order valence-electron chi connectivity index (χ0n) is 17.5. The Labute approximate surface area is 182 Å². The first-order valence-electron chi connectivity index (χ1n) is 11.1. The van der Waals surface area contributed by atoms with Crippen LogP contribution < -0.4 is 9.47 Å². The van der Waals surface area contributed by atoms with Crippen molar-refractivity contribution in [3.05, 3.63) is 59.7 Å². The molecule has 3 aliphatic rings. The molecule has 31 heavy (non-hydrogen) atoms. The second-order valence-corrected chi connectivity index (χ2v) is 8.51. The summed E-state index contributed by atoms with van der Waals surface area (Å²) < 4.78 is 27.4. The number of epoxide rings is 2. The van der Waals surface area contributed by atoms with Crippen molar-refractivity contribution in [1.82, 2.24) is 0 Å². The first-order chi connectivity index (χ1) is 15.2. The number of carbonyl (C=O) groups is 1. The normalized spacial score (nSPS) is 26.7. The fraction of sp³-hybridized carbons (Fsp3) is 0.480. The van der Waals surface area contributed by atoms with Crippen LogP contribution in [0.15, 0.2) is 48.5 Å². The van der Waals surface area contributed by atoms with Gasteiger partial charge < -0.3 is 23.7 Å². The summed E-state index contributed by atoms with van der Waals surface area (Å²) in [5.74, 6) is 1.87. The molecule has 2 saturated heterocycles. The first kappa shape index (κ1) is 20.3. The summed E-state index contributed by atoms with van der Waals surface area (Å²) in [7, 11) is 0. The monoisotopic (exact) mass is 424 g/mol. The molecule has 2 aromatic carbocycles. The summed E-state index contributed by atoms with van der Waals surface area (Å²) in [4.78, 5) is 12.5. The molecule has 0 radical (unpaired) electrons. The van der Waals surface area contributed by atoms with Gasteiger partial charge in [0.1, 0.15) is 43.0 Å². The molecule has 0 amide bonds. The number of hydrogen-bond donors (Lipinski definition) is 0. The molecule has 2 unspecified atom stereocenters. The third-order valence-electron chi connectivity index (χ3n) is 6.07. The smallest absolute Gasteiger partial charge is 0.338 e. The second kappa shape index (κ2) is 9.28. The highest BCUT2D eigenvalue weighted by molar-refractivity contribution is 5.89. The van der Waals surface area contributed by atoms with Gasteiger partial charge in [-0.05, 0) is 73.6 Å². The van der Waals surface area contributed by atoms with E-state index in [0.717, 1.165) is 50.4 Å². The minimum Gasteiger partial charge on any atom is -0.491 e. The summed E-state index contributed by atoms with van der Waals surface area (Å²) in [5.41, 5.74) is 1.89. The molecule has 6 nitrogen and oxygen atoms in total. The lowest BCUT2D eigenvalue weighted by atomic mass is 9.83. The van der Waals surface area contributed by atoms with Gasteiger partial charge in [0.15, 0.2) is 0 Å². The van der Waals surface area contributed by atoms with Gasteiger partial charge in [-0.2, -0.15) is 0 Å². The van der Waals surface area contributed by atoms with Gasteiger partial charge in [-0.25, -0.2) is 4.79 Å². The Morgan fingerprint density at radius 1 is 0.774 bits per heavy atom. The van der Waals surface area contributed by atoms with E-state index in [-0.39, 0.29) is 24.3 Å². The molecular formula is C25H28O6. The van der Waals surface area contributed by atoms with Gasteiger partial charge in [0.05, 0.1) is 18.8 Å². The van der Waals surface area contributed by atoms with Crippen molar-refractivity contribution >= 4 is 5.97 Å². The van der Waals surface area contributed by atoms with Crippen molar-refractivity contribution in [1.29, 1.82) is 0 Å². The van der Waals surface area contributed by atoms with Crippen molar-refractivity contribution in [2.45, 2.75) is 49.9 Å². The molecule has 1 aliphatic carbocycles. The summed E-state index contributed by atoms with van der Waals surface area (Å²) in [6.07, 6.45) is 4.27. The molecule has 0 bridgehead atoms. The highest BCUT2D eigenvalue weighted by Crippen LogP contribution is 2.35. The quantitative estimate of drug-likeness (QED) is 0.445. The van der Waals surface area contributed by atoms with Gasteiger partial charge in [0, 0.05) is 0 Å². The SMILES string of the molecule is O=C(OC1CCC(c2ccc(OCC3CO3)cc2)CC1)c1ccc(OCC2CO2)cc1. The molecule has 3 fully saturated rings. The standard InChI is InChI=1S/C25H28O6/c26-25(19-5-9-21(10-6-19)28-14-24-16-30-24)31-22-11-3-18(4-12-22)17-1-7-20(8-2-17)27-13-23-15-29-23/h1-2,5-10,18,22-24H,3-4,11-16H2. The molecule has 0 spiro atoms. The van der Waals surface area contributed by atoms with E-state index in [2.05, 4.69) is 12.1 Å². The summed E-state index contributed by atoms with van der Waals surface area (Å²) >= 11 is 0. The fourth-order valence-corrected chi connectivity index (χ4v) is 3.96. The van der Waals surface area contributed by atoms with Gasteiger partial charge in [-0.3, -0.25) is 0 Å². The van der Waals surface area contributed by atoms with Crippen LogP contribution in [0.3, 0.4) is 0 Å². The zero-order valence-corrected chi connectivity index (χ0v) is 17.5. The van der Waals surface area contributed by atoms with E-state index in [1.54, 1.807) is 24.3 Å². The maximum atomic E-state index is 12.5. The van der Waals surface area contributed by atoms with Crippen molar-refractivity contribution < 1.29 is 28.5 Å². The molecule has 164 valence electrons. The van der Waals surface area contributed by atoms with Crippen LogP contribution in [-0.4, -0.2) is 50.7 Å². The minimum absolute atomic E-state index is 0.0205. The van der Waals surface area contributed by atoms with Crippen LogP contribution in [0.1, 0.15) is 47.5 Å². The van der Waals surface area contributed by atoms with E-state index < -0.39 is 0 Å². The van der Waals surface area contributed by atoms with E-state index in [0.29, 0.717) is 24.7 Å². The first-order valence-corrected chi connectivity index (χ1v) is 11.1. The average molecular weight is 424 g/mol. The molecule has 2 atom stereocenters. The molecule has 5 rings (SSSR count). The summed E-state index contributed by atoms with van der Waals surface area (Å²) in [5, 5.41) is 0. The third kappa shape index (κ3) is 5.77. The Morgan fingerprint density at radius 3 is 1.81 bits per heavy atom. The maximum absolute atomic E-state index is 12.5. The van der Waals surface area contributed by atoms with Crippen LogP contribution >= 0.6 is 0 Å². The van der Waals surface area contributed by atoms with Crippen molar-refractivity contribution in [3.63, 3.8) is 0 Å². The number of ether oxygens (including phenoxy) is 5. The average Bonchev–Trinajstić information content (AvgIpc) is 3.73. The van der Waals surface area contributed by atoms with Crippen LogP contribution in [0.25, 0.3) is 0 Å². The van der Waals surface area contributed by atoms with Crippen molar-refractivity contribution in [2.75, 3.05) is 26.4 Å². The predicted octanol–water partition coefficient (Wildman–Crippen LogP) is 4.13. The molecule has 6 heteroatoms. The Morgan fingerprint density at radius 2 is 1.29 bits per heavy atom. The van der Waals surface area contributed by atoms with Crippen LogP contribution in [0.5, 0.6) is 11.5 Å². The highest BCUT2D eigenvalue weighted by Gasteiger charge is 2.26. The minimum atomic E-state index is -0.262. The molecular weight excluding hydrogens is 396 g/mol. The highest BCUT2D eigenvalue weighted by atomic mass is 16.6. The molecule has 2 aromatic rings. The van der Waals surface area contributed by atoms with E-state index in [1.807, 2.05) is 12.1 Å². The van der Waals surface area contributed by atoms with E-state index in [4.69, 9.17) is 23.7 Å². The van der Waals surface area contributed by atoms with Crippen LogP contribution in [-0.2, 0) is 14.2 Å². The molecule has 2 aliphatic heterocycles. The lowest BCUT2D eigenvalue weighted by Gasteiger charge is -2.28. The Bertz CT molecular complexity index is 862. The van der Waals surface area contributed by atoms with Crippen LogP contribution in [0, 0.1) is 0 Å². The van der Waals surface area contributed by atoms with Crippen molar-refractivity contribution in [3.8, 4) is 11.5 Å². The molecule has 2 heterocycles. The summed E-state index contributed by atoms with van der Waals surface area (Å²) in [6, 6.07) is 15.5. The number of carbonyl (C=O) groups excluding carboxylic acids is 1. The van der Waals surface area contributed by atoms with E-state index >= 15 is 0 Å². The van der Waals surface area contributed by atoms with E-state index in [9.17, 15) is 4.79 Å². The van der Waals surface area contributed by atoms with Gasteiger partial charge in [-0.15, -0.1) is 0 Å². The molecule has 0 N–H and O–H groups in total. The number of hydrogen-bond acceptors (Lipinski definition) is 6. The van der Waals surface area contributed by atoms with Gasteiger partial charge in [0.2, 0.25) is 0 Å². The largest absolute Gasteiger partial charge is 0.491 e. The van der Waals surface area contributed by atoms with Gasteiger partial charge in [-0.1, -0.05) is 12.1 Å². The van der Waals surface area contributed by atoms with Gasteiger partial charge in [0.25, 0.3) is 0 Å². The number of rotatable bonds is 9. The molecule has 1 saturated carbocycles. The van der Waals surface area contributed by atoms with Crippen molar-refractivity contribution in [2.24, 2.45) is 0 Å².